The maximum absolute atomic E-state index is 14.5. The van der Waals surface area contributed by atoms with Crippen LogP contribution in [0.3, 0.4) is 0 Å². The van der Waals surface area contributed by atoms with Gasteiger partial charge in [-0.2, -0.15) is 0 Å². The molecule has 35 heavy (non-hydrogen) atoms. The number of hydrogen-bond acceptors (Lipinski definition) is 6. The van der Waals surface area contributed by atoms with Gasteiger partial charge in [-0.15, -0.1) is 0 Å². The lowest BCUT2D eigenvalue weighted by atomic mass is 10.2. The number of nitrogens with one attached hydrogen (secondary N) is 1. The van der Waals surface area contributed by atoms with Crippen molar-refractivity contribution in [2.75, 3.05) is 12.4 Å². The number of halogens is 1. The number of benzene rings is 2. The van der Waals surface area contributed by atoms with Gasteiger partial charge in [0.2, 0.25) is 5.91 Å². The lowest BCUT2D eigenvalue weighted by Gasteiger charge is -2.14. The zero-order valence-electron chi connectivity index (χ0n) is 19.6. The Labute approximate surface area is 204 Å². The smallest absolute Gasteiger partial charge is 0.332 e. The molecule has 4 aromatic rings. The molecule has 2 aromatic heterocycles. The SMILES string of the molecule is COc1ccc(NC(=O)C(C)Sc2nc3c(c(=O)n(C)c(=O)n3C)n2Cc2ccccc2F)cc1. The largest absolute Gasteiger partial charge is 0.497 e. The fraction of sp³-hybridized carbons (Fsp3) is 0.250. The van der Waals surface area contributed by atoms with Crippen LogP contribution in [0.4, 0.5) is 10.1 Å². The molecule has 0 radical (unpaired) electrons. The molecule has 0 aliphatic rings. The van der Waals surface area contributed by atoms with E-state index in [0.29, 0.717) is 22.2 Å². The molecule has 182 valence electrons. The summed E-state index contributed by atoms with van der Waals surface area (Å²) in [5.74, 6) is -0.0526. The third-order valence-corrected chi connectivity index (χ3v) is 6.70. The monoisotopic (exact) mass is 497 g/mol. The fourth-order valence-electron chi connectivity index (χ4n) is 3.59. The number of carbonyl (C=O) groups is 1. The average Bonchev–Trinajstić information content (AvgIpc) is 3.21. The van der Waals surface area contributed by atoms with Gasteiger partial charge in [0, 0.05) is 25.3 Å². The molecule has 0 bridgehead atoms. The Balaban J connectivity index is 1.72. The minimum Gasteiger partial charge on any atom is -0.497 e. The summed E-state index contributed by atoms with van der Waals surface area (Å²) >= 11 is 1.11. The van der Waals surface area contributed by atoms with E-state index in [4.69, 9.17) is 4.74 Å². The van der Waals surface area contributed by atoms with Crippen LogP contribution in [-0.4, -0.2) is 37.0 Å². The van der Waals surface area contributed by atoms with Gasteiger partial charge in [-0.3, -0.25) is 18.7 Å². The van der Waals surface area contributed by atoms with Crippen LogP contribution in [0.5, 0.6) is 5.75 Å². The van der Waals surface area contributed by atoms with Crippen molar-refractivity contribution < 1.29 is 13.9 Å². The molecule has 11 heteroatoms. The van der Waals surface area contributed by atoms with Crippen LogP contribution >= 0.6 is 11.8 Å². The molecule has 9 nitrogen and oxygen atoms in total. The quantitative estimate of drug-likeness (QED) is 0.394. The molecule has 0 aliphatic carbocycles. The number of nitrogens with zero attached hydrogens (tertiary/aromatic N) is 4. The number of ether oxygens (including phenoxy) is 1. The number of thioether (sulfide) groups is 1. The minimum absolute atomic E-state index is 0.00572. The Morgan fingerprint density at radius 2 is 1.80 bits per heavy atom. The van der Waals surface area contributed by atoms with Gasteiger partial charge >= 0.3 is 5.69 Å². The van der Waals surface area contributed by atoms with Crippen molar-refractivity contribution in [1.82, 2.24) is 18.7 Å². The Morgan fingerprint density at radius 1 is 1.11 bits per heavy atom. The summed E-state index contributed by atoms with van der Waals surface area (Å²) in [7, 11) is 4.45. The van der Waals surface area contributed by atoms with Crippen molar-refractivity contribution in [1.29, 1.82) is 0 Å². The number of aromatic nitrogens is 4. The summed E-state index contributed by atoms with van der Waals surface area (Å²) < 4.78 is 23.4. The van der Waals surface area contributed by atoms with E-state index in [9.17, 15) is 18.8 Å². The number of hydrogen-bond donors (Lipinski definition) is 1. The normalized spacial score (nSPS) is 12.0. The Morgan fingerprint density at radius 3 is 2.46 bits per heavy atom. The molecule has 0 saturated carbocycles. The number of fused-ring (bicyclic) bond motifs is 1. The Bertz CT molecular complexity index is 1520. The maximum Gasteiger partial charge on any atom is 0.332 e. The van der Waals surface area contributed by atoms with E-state index in [1.807, 2.05) is 0 Å². The summed E-state index contributed by atoms with van der Waals surface area (Å²) in [5.41, 5.74) is 0.191. The van der Waals surface area contributed by atoms with Crippen molar-refractivity contribution in [2.24, 2.45) is 14.1 Å². The standard InChI is InChI=1S/C24H24FN5O4S/c1-14(21(31)26-16-9-11-17(34-4)12-10-16)35-23-27-20-19(22(32)29(3)24(33)28(20)2)30(23)13-15-7-5-6-8-18(15)25/h5-12,14H,13H2,1-4H3,(H,26,31). The number of aryl methyl sites for hydroxylation is 1. The second-order valence-corrected chi connectivity index (χ2v) is 9.24. The van der Waals surface area contributed by atoms with Crippen molar-refractivity contribution >= 4 is 34.5 Å². The highest BCUT2D eigenvalue weighted by Crippen LogP contribution is 2.28. The molecule has 2 aromatic carbocycles. The topological polar surface area (TPSA) is 100 Å². The highest BCUT2D eigenvalue weighted by molar-refractivity contribution is 8.00. The second-order valence-electron chi connectivity index (χ2n) is 7.93. The third-order valence-electron chi connectivity index (χ3n) is 5.61. The van der Waals surface area contributed by atoms with E-state index in [2.05, 4.69) is 10.3 Å². The lowest BCUT2D eigenvalue weighted by molar-refractivity contribution is -0.115. The first kappa shape index (κ1) is 24.3. The number of carbonyl (C=O) groups excluding carboxylic acids is 1. The zero-order chi connectivity index (χ0) is 25.3. The van der Waals surface area contributed by atoms with Crippen LogP contribution in [0.15, 0.2) is 63.3 Å². The summed E-state index contributed by atoms with van der Waals surface area (Å²) in [6.45, 7) is 1.71. The predicted octanol–water partition coefficient (Wildman–Crippen LogP) is 2.75. The number of amides is 1. The van der Waals surface area contributed by atoms with E-state index in [1.165, 1.54) is 24.7 Å². The first-order chi connectivity index (χ1) is 16.7. The van der Waals surface area contributed by atoms with Crippen LogP contribution in [0, 0.1) is 5.82 Å². The first-order valence-electron chi connectivity index (χ1n) is 10.7. The molecule has 0 aliphatic heterocycles. The van der Waals surface area contributed by atoms with E-state index < -0.39 is 22.3 Å². The van der Waals surface area contributed by atoms with Crippen molar-refractivity contribution in [3.05, 3.63) is 80.7 Å². The number of methoxy groups -OCH3 is 1. The maximum atomic E-state index is 14.5. The van der Waals surface area contributed by atoms with Crippen molar-refractivity contribution in [2.45, 2.75) is 23.9 Å². The fourth-order valence-corrected chi connectivity index (χ4v) is 4.49. The second kappa shape index (κ2) is 9.79. The molecule has 2 heterocycles. The van der Waals surface area contributed by atoms with Gasteiger partial charge in [0.05, 0.1) is 18.9 Å². The lowest BCUT2D eigenvalue weighted by Crippen LogP contribution is -2.37. The zero-order valence-corrected chi connectivity index (χ0v) is 20.4. The average molecular weight is 498 g/mol. The Hall–Kier alpha value is -3.86. The highest BCUT2D eigenvalue weighted by Gasteiger charge is 2.24. The third kappa shape index (κ3) is 4.72. The molecule has 1 amide bonds. The number of anilines is 1. The molecule has 0 spiro atoms. The molecule has 1 atom stereocenters. The molecule has 4 rings (SSSR count). The predicted molar refractivity (Wildman–Crippen MR) is 133 cm³/mol. The molecule has 1 N–H and O–H groups in total. The van der Waals surface area contributed by atoms with E-state index in [-0.39, 0.29) is 23.6 Å². The number of rotatable bonds is 7. The summed E-state index contributed by atoms with van der Waals surface area (Å²) in [5, 5.41) is 2.53. The van der Waals surface area contributed by atoms with Gasteiger partial charge in [-0.05, 0) is 37.3 Å². The molecule has 1 unspecified atom stereocenters. The van der Waals surface area contributed by atoms with Gasteiger partial charge in [0.1, 0.15) is 11.6 Å². The van der Waals surface area contributed by atoms with Gasteiger partial charge in [0.25, 0.3) is 5.56 Å². The minimum atomic E-state index is -0.617. The summed E-state index contributed by atoms with van der Waals surface area (Å²) in [4.78, 5) is 42.9. The van der Waals surface area contributed by atoms with Crippen LogP contribution in [0.1, 0.15) is 12.5 Å². The highest BCUT2D eigenvalue weighted by atomic mass is 32.2. The van der Waals surface area contributed by atoms with Crippen molar-refractivity contribution in [3.8, 4) is 5.75 Å². The summed E-state index contributed by atoms with van der Waals surface area (Å²) in [6, 6.07) is 13.1. The molecular formula is C24H24FN5O4S. The van der Waals surface area contributed by atoms with Gasteiger partial charge in [-0.1, -0.05) is 30.0 Å². The molecule has 0 saturated heterocycles. The molecular weight excluding hydrogens is 473 g/mol. The van der Waals surface area contributed by atoms with Crippen LogP contribution in [0.2, 0.25) is 0 Å². The molecule has 0 fully saturated rings. The van der Waals surface area contributed by atoms with Gasteiger partial charge in [-0.25, -0.2) is 14.2 Å². The van der Waals surface area contributed by atoms with Crippen molar-refractivity contribution in [3.63, 3.8) is 0 Å². The van der Waals surface area contributed by atoms with E-state index >= 15 is 0 Å². The first-order valence-corrected chi connectivity index (χ1v) is 11.6. The van der Waals surface area contributed by atoms with Gasteiger partial charge < -0.3 is 14.6 Å². The summed E-state index contributed by atoms with van der Waals surface area (Å²) in [6.07, 6.45) is 0. The Kier molecular flexibility index (Phi) is 6.79. The van der Waals surface area contributed by atoms with Crippen LogP contribution < -0.4 is 21.3 Å². The van der Waals surface area contributed by atoms with Crippen LogP contribution in [-0.2, 0) is 25.4 Å². The van der Waals surface area contributed by atoms with Gasteiger partial charge in [0.15, 0.2) is 16.3 Å². The van der Waals surface area contributed by atoms with Crippen LogP contribution in [0.25, 0.3) is 11.2 Å². The number of imidazole rings is 1. The van der Waals surface area contributed by atoms with E-state index in [0.717, 1.165) is 16.3 Å². The van der Waals surface area contributed by atoms with E-state index in [1.54, 1.807) is 61.1 Å².